The molecule has 0 aliphatic rings. The van der Waals surface area contributed by atoms with E-state index in [-0.39, 0.29) is 18.2 Å². The first-order valence-corrected chi connectivity index (χ1v) is 7.80. The average Bonchev–Trinajstić information content (AvgIpc) is 3.05. The minimum absolute atomic E-state index is 0.0220. The molecule has 2 aromatic rings. The first-order valence-electron chi connectivity index (χ1n) is 7.80. The van der Waals surface area contributed by atoms with Gasteiger partial charge in [-0.15, -0.1) is 0 Å². The summed E-state index contributed by atoms with van der Waals surface area (Å²) in [4.78, 5) is 36.9. The predicted octanol–water partition coefficient (Wildman–Crippen LogP) is 1.85. The van der Waals surface area contributed by atoms with Gasteiger partial charge in [-0.3, -0.25) is 9.59 Å². The Kier molecular flexibility index (Phi) is 6.37. The predicted molar refractivity (Wildman–Crippen MR) is 93.0 cm³/mol. The van der Waals surface area contributed by atoms with Crippen LogP contribution in [0.25, 0.3) is 0 Å². The first-order chi connectivity index (χ1) is 12.4. The number of carbonyl (C=O) groups excluding carboxylic acids is 3. The Morgan fingerprint density at radius 1 is 1.19 bits per heavy atom. The van der Waals surface area contributed by atoms with Gasteiger partial charge in [0.1, 0.15) is 11.5 Å². The molecule has 0 aliphatic carbocycles. The van der Waals surface area contributed by atoms with Crippen LogP contribution in [0.3, 0.4) is 0 Å². The molecular formula is C18H20N2O6. The number of aryl methyl sites for hydroxylation is 1. The fourth-order valence-corrected chi connectivity index (χ4v) is 2.06. The van der Waals surface area contributed by atoms with Gasteiger partial charge in [-0.05, 0) is 31.2 Å². The van der Waals surface area contributed by atoms with Crippen LogP contribution < -0.4 is 10.1 Å². The Bertz CT molecular complexity index is 798. The van der Waals surface area contributed by atoms with E-state index >= 15 is 0 Å². The van der Waals surface area contributed by atoms with Crippen molar-refractivity contribution < 1.29 is 28.3 Å². The molecule has 2 rings (SSSR count). The van der Waals surface area contributed by atoms with E-state index in [0.29, 0.717) is 17.2 Å². The average molecular weight is 360 g/mol. The van der Waals surface area contributed by atoms with Crippen LogP contribution in [-0.2, 0) is 14.3 Å². The quantitative estimate of drug-likeness (QED) is 0.757. The van der Waals surface area contributed by atoms with Crippen LogP contribution in [0.4, 0.5) is 5.69 Å². The topological polar surface area (TPSA) is 98.1 Å². The summed E-state index contributed by atoms with van der Waals surface area (Å²) in [5.41, 5.74) is 0.551. The number of anilines is 1. The number of furan rings is 1. The molecule has 0 fully saturated rings. The molecule has 26 heavy (non-hydrogen) atoms. The van der Waals surface area contributed by atoms with Gasteiger partial charge >= 0.3 is 5.97 Å². The summed E-state index contributed by atoms with van der Waals surface area (Å²) in [6.45, 7) is 1.02. The van der Waals surface area contributed by atoms with Crippen LogP contribution in [0.1, 0.15) is 16.3 Å². The van der Waals surface area contributed by atoms with Crippen LogP contribution in [0, 0.1) is 6.92 Å². The molecule has 0 saturated heterocycles. The molecule has 0 atom stereocenters. The van der Waals surface area contributed by atoms with Gasteiger partial charge in [0, 0.05) is 18.8 Å². The number of esters is 1. The van der Waals surface area contributed by atoms with E-state index in [9.17, 15) is 14.4 Å². The second-order valence-electron chi connectivity index (χ2n) is 5.52. The van der Waals surface area contributed by atoms with E-state index in [0.717, 1.165) is 4.90 Å². The van der Waals surface area contributed by atoms with E-state index in [1.54, 1.807) is 37.3 Å². The molecule has 138 valence electrons. The number of ether oxygens (including phenoxy) is 2. The number of likely N-dealkylation sites (N-methyl/N-ethyl adjacent to an activating group) is 1. The number of amides is 2. The molecule has 2 amide bonds. The number of hydrogen-bond acceptors (Lipinski definition) is 6. The molecule has 1 aromatic carbocycles. The van der Waals surface area contributed by atoms with E-state index in [2.05, 4.69) is 5.32 Å². The Labute approximate surface area is 150 Å². The molecule has 0 aliphatic heterocycles. The van der Waals surface area contributed by atoms with Gasteiger partial charge in [-0.2, -0.15) is 0 Å². The summed E-state index contributed by atoms with van der Waals surface area (Å²) in [6, 6.07) is 9.93. The number of methoxy groups -OCH3 is 1. The van der Waals surface area contributed by atoms with Crippen molar-refractivity contribution in [3.8, 4) is 5.75 Å². The Morgan fingerprint density at radius 2 is 1.96 bits per heavy atom. The molecule has 0 bridgehead atoms. The largest absolute Gasteiger partial charge is 0.497 e. The fraction of sp³-hybridized carbons (Fsp3) is 0.278. The molecule has 1 heterocycles. The lowest BCUT2D eigenvalue weighted by molar-refractivity contribution is -0.136. The van der Waals surface area contributed by atoms with Crippen molar-refractivity contribution in [2.75, 3.05) is 32.6 Å². The number of benzene rings is 1. The zero-order valence-corrected chi connectivity index (χ0v) is 14.8. The third-order valence-corrected chi connectivity index (χ3v) is 3.43. The summed E-state index contributed by atoms with van der Waals surface area (Å²) in [7, 11) is 2.97. The van der Waals surface area contributed by atoms with Crippen molar-refractivity contribution in [1.82, 2.24) is 4.90 Å². The Hall–Kier alpha value is -3.29. The van der Waals surface area contributed by atoms with Crippen LogP contribution >= 0.6 is 0 Å². The van der Waals surface area contributed by atoms with Crippen molar-refractivity contribution >= 4 is 23.5 Å². The van der Waals surface area contributed by atoms with Crippen molar-refractivity contribution in [3.63, 3.8) is 0 Å². The van der Waals surface area contributed by atoms with Crippen molar-refractivity contribution in [1.29, 1.82) is 0 Å². The van der Waals surface area contributed by atoms with Gasteiger partial charge in [0.05, 0.1) is 13.7 Å². The van der Waals surface area contributed by atoms with Crippen molar-refractivity contribution in [2.24, 2.45) is 0 Å². The lowest BCUT2D eigenvalue weighted by atomic mass is 10.3. The SMILES string of the molecule is COc1cccc(NC(=O)CN(C)C(=O)COC(=O)c2ccc(C)o2)c1. The normalized spacial score (nSPS) is 10.1. The molecule has 0 unspecified atom stereocenters. The molecule has 0 saturated carbocycles. The number of nitrogens with zero attached hydrogens (tertiary/aromatic N) is 1. The second kappa shape index (κ2) is 8.70. The number of rotatable bonds is 7. The maximum Gasteiger partial charge on any atom is 0.374 e. The summed E-state index contributed by atoms with van der Waals surface area (Å²) in [5, 5.41) is 2.66. The minimum Gasteiger partial charge on any atom is -0.497 e. The van der Waals surface area contributed by atoms with Crippen LogP contribution in [-0.4, -0.2) is 50.0 Å². The van der Waals surface area contributed by atoms with Crippen LogP contribution in [0.2, 0.25) is 0 Å². The summed E-state index contributed by atoms with van der Waals surface area (Å²) in [5.74, 6) is -0.444. The van der Waals surface area contributed by atoms with Gasteiger partial charge in [0.2, 0.25) is 11.7 Å². The van der Waals surface area contributed by atoms with E-state index in [1.165, 1.54) is 20.2 Å². The van der Waals surface area contributed by atoms with Gasteiger partial charge in [-0.25, -0.2) is 4.79 Å². The Balaban J connectivity index is 1.80. The maximum absolute atomic E-state index is 12.0. The van der Waals surface area contributed by atoms with Crippen LogP contribution in [0.5, 0.6) is 5.75 Å². The van der Waals surface area contributed by atoms with Gasteiger partial charge in [-0.1, -0.05) is 6.07 Å². The second-order valence-corrected chi connectivity index (χ2v) is 5.52. The molecule has 0 radical (unpaired) electrons. The summed E-state index contributed by atoms with van der Waals surface area (Å²) in [6.07, 6.45) is 0. The Morgan fingerprint density at radius 3 is 2.62 bits per heavy atom. The lowest BCUT2D eigenvalue weighted by Gasteiger charge is -2.16. The summed E-state index contributed by atoms with van der Waals surface area (Å²) >= 11 is 0. The molecule has 1 aromatic heterocycles. The number of hydrogen-bond donors (Lipinski definition) is 1. The maximum atomic E-state index is 12.0. The number of carbonyl (C=O) groups is 3. The van der Waals surface area contributed by atoms with Crippen LogP contribution in [0.15, 0.2) is 40.8 Å². The van der Waals surface area contributed by atoms with Crippen molar-refractivity contribution in [2.45, 2.75) is 6.92 Å². The highest BCUT2D eigenvalue weighted by Gasteiger charge is 2.17. The van der Waals surface area contributed by atoms with E-state index < -0.39 is 18.5 Å². The fourth-order valence-electron chi connectivity index (χ4n) is 2.06. The first kappa shape index (κ1) is 19.0. The highest BCUT2D eigenvalue weighted by Crippen LogP contribution is 2.16. The monoisotopic (exact) mass is 360 g/mol. The number of nitrogens with one attached hydrogen (secondary N) is 1. The van der Waals surface area contributed by atoms with Crippen molar-refractivity contribution in [3.05, 3.63) is 47.9 Å². The summed E-state index contributed by atoms with van der Waals surface area (Å²) < 4.78 is 15.1. The van der Waals surface area contributed by atoms with Gasteiger partial charge < -0.3 is 24.1 Å². The highest BCUT2D eigenvalue weighted by molar-refractivity contribution is 5.95. The molecule has 0 spiro atoms. The lowest BCUT2D eigenvalue weighted by Crippen LogP contribution is -2.37. The third-order valence-electron chi connectivity index (χ3n) is 3.43. The molecular weight excluding hydrogens is 340 g/mol. The standard InChI is InChI=1S/C18H20N2O6/c1-12-7-8-15(26-12)18(23)25-11-17(22)20(2)10-16(21)19-13-5-4-6-14(9-13)24-3/h4-9H,10-11H2,1-3H3,(H,19,21). The van der Waals surface area contributed by atoms with E-state index in [1.807, 2.05) is 0 Å². The van der Waals surface area contributed by atoms with E-state index in [4.69, 9.17) is 13.9 Å². The highest BCUT2D eigenvalue weighted by atomic mass is 16.5. The smallest absolute Gasteiger partial charge is 0.374 e. The molecule has 8 nitrogen and oxygen atoms in total. The van der Waals surface area contributed by atoms with Gasteiger partial charge in [0.15, 0.2) is 6.61 Å². The van der Waals surface area contributed by atoms with Gasteiger partial charge in [0.25, 0.3) is 5.91 Å². The molecule has 1 N–H and O–H groups in total. The minimum atomic E-state index is -0.735. The zero-order valence-electron chi connectivity index (χ0n) is 14.8. The third kappa shape index (κ3) is 5.37. The molecule has 8 heteroatoms. The zero-order chi connectivity index (χ0) is 19.1.